The van der Waals surface area contributed by atoms with Gasteiger partial charge in [-0.25, -0.2) is 0 Å². The Morgan fingerprint density at radius 2 is 2.15 bits per heavy atom. The van der Waals surface area contributed by atoms with Crippen molar-refractivity contribution in [1.29, 1.82) is 0 Å². The maximum atomic E-state index is 9.06. The van der Waals surface area contributed by atoms with Crippen LogP contribution in [0.1, 0.15) is 12.8 Å². The van der Waals surface area contributed by atoms with Crippen LogP contribution < -0.4 is 4.74 Å². The first-order chi connectivity index (χ1) is 6.24. The molecule has 2 nitrogen and oxygen atoms in total. The van der Waals surface area contributed by atoms with Crippen LogP contribution in [0.25, 0.3) is 0 Å². The lowest BCUT2D eigenvalue weighted by Crippen LogP contribution is -2.37. The topological polar surface area (TPSA) is 29.5 Å². The van der Waals surface area contributed by atoms with E-state index in [0.717, 1.165) is 23.1 Å². The SMILES string of the molecule is OC1CC(Oc2cccc(Br)c2)C1. The van der Waals surface area contributed by atoms with Gasteiger partial charge in [0.2, 0.25) is 0 Å². The van der Waals surface area contributed by atoms with Crippen LogP contribution in [-0.2, 0) is 0 Å². The normalized spacial score (nSPS) is 26.6. The Morgan fingerprint density at radius 3 is 2.77 bits per heavy atom. The molecule has 1 saturated carbocycles. The molecule has 0 saturated heterocycles. The molecule has 0 aliphatic heterocycles. The van der Waals surface area contributed by atoms with E-state index >= 15 is 0 Å². The minimum absolute atomic E-state index is 0.155. The smallest absolute Gasteiger partial charge is 0.120 e. The summed E-state index contributed by atoms with van der Waals surface area (Å²) in [4.78, 5) is 0. The van der Waals surface area contributed by atoms with Crippen molar-refractivity contribution >= 4 is 15.9 Å². The summed E-state index contributed by atoms with van der Waals surface area (Å²) < 4.78 is 6.63. The number of ether oxygens (including phenoxy) is 1. The summed E-state index contributed by atoms with van der Waals surface area (Å²) in [6.45, 7) is 0. The van der Waals surface area contributed by atoms with E-state index in [0.29, 0.717) is 0 Å². The van der Waals surface area contributed by atoms with Crippen LogP contribution in [-0.4, -0.2) is 17.3 Å². The molecule has 0 unspecified atom stereocenters. The Bertz CT molecular complexity index is 295. The molecule has 2 rings (SSSR count). The zero-order chi connectivity index (χ0) is 9.26. The first kappa shape index (κ1) is 9.03. The van der Waals surface area contributed by atoms with E-state index in [9.17, 15) is 0 Å². The largest absolute Gasteiger partial charge is 0.490 e. The van der Waals surface area contributed by atoms with E-state index < -0.39 is 0 Å². The van der Waals surface area contributed by atoms with Crippen LogP contribution in [0.4, 0.5) is 0 Å². The first-order valence-electron chi connectivity index (χ1n) is 4.34. The molecule has 0 amide bonds. The van der Waals surface area contributed by atoms with Crippen LogP contribution in [0.5, 0.6) is 5.75 Å². The zero-order valence-electron chi connectivity index (χ0n) is 7.11. The van der Waals surface area contributed by atoms with Gasteiger partial charge in [0.1, 0.15) is 11.9 Å². The Hall–Kier alpha value is -0.540. The van der Waals surface area contributed by atoms with Crippen LogP contribution in [0, 0.1) is 0 Å². The molecular formula is C10H11BrO2. The third-order valence-corrected chi connectivity index (χ3v) is 2.66. The molecule has 0 spiro atoms. The number of halogens is 1. The fourth-order valence-corrected chi connectivity index (χ4v) is 1.75. The van der Waals surface area contributed by atoms with Crippen LogP contribution >= 0.6 is 15.9 Å². The Labute approximate surface area is 85.7 Å². The van der Waals surface area contributed by atoms with Crippen molar-refractivity contribution in [2.24, 2.45) is 0 Å². The number of hydrogen-bond acceptors (Lipinski definition) is 2. The lowest BCUT2D eigenvalue weighted by atomic mass is 9.92. The third-order valence-electron chi connectivity index (χ3n) is 2.17. The standard InChI is InChI=1S/C10H11BrO2/c11-7-2-1-3-9(4-7)13-10-5-8(12)6-10/h1-4,8,10,12H,5-6H2. The summed E-state index contributed by atoms with van der Waals surface area (Å²) in [6.07, 6.45) is 1.56. The van der Waals surface area contributed by atoms with Crippen LogP contribution in [0.2, 0.25) is 0 Å². The van der Waals surface area contributed by atoms with Crippen molar-refractivity contribution in [1.82, 2.24) is 0 Å². The second kappa shape index (κ2) is 3.68. The summed E-state index contributed by atoms with van der Waals surface area (Å²) in [6, 6.07) is 7.76. The molecular weight excluding hydrogens is 232 g/mol. The van der Waals surface area contributed by atoms with Gasteiger partial charge < -0.3 is 9.84 Å². The Kier molecular flexibility index (Phi) is 2.56. The van der Waals surface area contributed by atoms with E-state index in [-0.39, 0.29) is 12.2 Å². The van der Waals surface area contributed by atoms with Crippen molar-refractivity contribution in [3.05, 3.63) is 28.7 Å². The van der Waals surface area contributed by atoms with Crippen molar-refractivity contribution in [3.8, 4) is 5.75 Å². The Balaban J connectivity index is 1.94. The number of hydrogen-bond donors (Lipinski definition) is 1. The molecule has 0 atom stereocenters. The van der Waals surface area contributed by atoms with E-state index in [1.165, 1.54) is 0 Å². The second-order valence-electron chi connectivity index (χ2n) is 3.32. The highest BCUT2D eigenvalue weighted by Gasteiger charge is 2.28. The molecule has 70 valence electrons. The van der Waals surface area contributed by atoms with Crippen LogP contribution in [0.15, 0.2) is 28.7 Å². The van der Waals surface area contributed by atoms with Crippen molar-refractivity contribution in [3.63, 3.8) is 0 Å². The number of benzene rings is 1. The summed E-state index contributed by atoms with van der Waals surface area (Å²) in [5.41, 5.74) is 0. The molecule has 1 aromatic rings. The molecule has 0 bridgehead atoms. The van der Waals surface area contributed by atoms with E-state index in [1.807, 2.05) is 24.3 Å². The summed E-state index contributed by atoms with van der Waals surface area (Å²) in [5.74, 6) is 0.867. The zero-order valence-corrected chi connectivity index (χ0v) is 8.70. The van der Waals surface area contributed by atoms with Gasteiger partial charge in [0, 0.05) is 17.3 Å². The molecule has 1 aromatic carbocycles. The number of rotatable bonds is 2. The molecule has 1 fully saturated rings. The lowest BCUT2D eigenvalue weighted by Gasteiger charge is -2.31. The maximum absolute atomic E-state index is 9.06. The molecule has 1 N–H and O–H groups in total. The van der Waals surface area contributed by atoms with Gasteiger partial charge in [-0.1, -0.05) is 22.0 Å². The minimum Gasteiger partial charge on any atom is -0.490 e. The summed E-state index contributed by atoms with van der Waals surface area (Å²) in [7, 11) is 0. The number of aliphatic hydroxyl groups is 1. The average molecular weight is 243 g/mol. The molecule has 0 aromatic heterocycles. The van der Waals surface area contributed by atoms with E-state index in [2.05, 4.69) is 15.9 Å². The summed E-state index contributed by atoms with van der Waals surface area (Å²) >= 11 is 3.37. The third kappa shape index (κ3) is 2.23. The molecule has 0 radical (unpaired) electrons. The maximum Gasteiger partial charge on any atom is 0.120 e. The Morgan fingerprint density at radius 1 is 1.38 bits per heavy atom. The van der Waals surface area contributed by atoms with Gasteiger partial charge >= 0.3 is 0 Å². The highest BCUT2D eigenvalue weighted by atomic mass is 79.9. The number of aliphatic hydroxyl groups excluding tert-OH is 1. The van der Waals surface area contributed by atoms with Gasteiger partial charge in [0.25, 0.3) is 0 Å². The fourth-order valence-electron chi connectivity index (χ4n) is 1.37. The van der Waals surface area contributed by atoms with Gasteiger partial charge in [-0.3, -0.25) is 0 Å². The summed E-state index contributed by atoms with van der Waals surface area (Å²) in [5, 5.41) is 9.06. The first-order valence-corrected chi connectivity index (χ1v) is 5.13. The van der Waals surface area contributed by atoms with Crippen molar-refractivity contribution in [2.45, 2.75) is 25.0 Å². The highest BCUT2D eigenvalue weighted by Crippen LogP contribution is 2.27. The molecule has 1 aliphatic carbocycles. The van der Waals surface area contributed by atoms with Gasteiger partial charge in [-0.15, -0.1) is 0 Å². The molecule has 13 heavy (non-hydrogen) atoms. The van der Waals surface area contributed by atoms with Crippen molar-refractivity contribution in [2.75, 3.05) is 0 Å². The second-order valence-corrected chi connectivity index (χ2v) is 4.24. The molecule has 1 aliphatic rings. The van der Waals surface area contributed by atoms with Crippen LogP contribution in [0.3, 0.4) is 0 Å². The van der Waals surface area contributed by atoms with E-state index in [1.54, 1.807) is 0 Å². The lowest BCUT2D eigenvalue weighted by molar-refractivity contribution is -0.0108. The predicted molar refractivity (Wildman–Crippen MR) is 53.8 cm³/mol. The predicted octanol–water partition coefficient (Wildman–Crippen LogP) is 2.35. The van der Waals surface area contributed by atoms with Gasteiger partial charge in [-0.2, -0.15) is 0 Å². The van der Waals surface area contributed by atoms with Gasteiger partial charge in [0.05, 0.1) is 6.10 Å². The average Bonchev–Trinajstić information content (AvgIpc) is 2.01. The van der Waals surface area contributed by atoms with Gasteiger partial charge in [-0.05, 0) is 18.2 Å². The molecule has 3 heteroatoms. The monoisotopic (exact) mass is 242 g/mol. The van der Waals surface area contributed by atoms with E-state index in [4.69, 9.17) is 9.84 Å². The highest BCUT2D eigenvalue weighted by molar-refractivity contribution is 9.10. The van der Waals surface area contributed by atoms with Gasteiger partial charge in [0.15, 0.2) is 0 Å². The minimum atomic E-state index is -0.155. The molecule has 0 heterocycles. The fraction of sp³-hybridized carbons (Fsp3) is 0.400. The quantitative estimate of drug-likeness (QED) is 0.863. The van der Waals surface area contributed by atoms with Crippen molar-refractivity contribution < 1.29 is 9.84 Å².